The average Bonchev–Trinajstić information content (AvgIpc) is 2.07. The Morgan fingerprint density at radius 3 is 2.19 bits per heavy atom. The van der Waals surface area contributed by atoms with Gasteiger partial charge < -0.3 is 5.11 Å². The molecule has 16 heavy (non-hydrogen) atoms. The van der Waals surface area contributed by atoms with Crippen molar-refractivity contribution in [3.63, 3.8) is 0 Å². The lowest BCUT2D eigenvalue weighted by molar-refractivity contribution is 0.392. The number of rotatable bonds is 2. The maximum atomic E-state index is 10.2. The molecule has 0 heterocycles. The van der Waals surface area contributed by atoms with E-state index in [0.29, 0.717) is 11.7 Å². The molecule has 0 amide bonds. The van der Waals surface area contributed by atoms with E-state index in [1.807, 2.05) is 0 Å². The van der Waals surface area contributed by atoms with Crippen LogP contribution in [0.5, 0.6) is 5.75 Å². The summed E-state index contributed by atoms with van der Waals surface area (Å²) in [6, 6.07) is 4.19. The van der Waals surface area contributed by atoms with Gasteiger partial charge in [0.05, 0.1) is 0 Å². The lowest BCUT2D eigenvalue weighted by Crippen LogP contribution is -2.10. The van der Waals surface area contributed by atoms with Crippen LogP contribution in [-0.2, 0) is 6.42 Å². The number of benzene rings is 1. The highest BCUT2D eigenvalue weighted by molar-refractivity contribution is 5.45. The van der Waals surface area contributed by atoms with Crippen LogP contribution in [0.1, 0.15) is 57.2 Å². The first-order valence-corrected chi connectivity index (χ1v) is 6.03. The van der Waals surface area contributed by atoms with Crippen LogP contribution >= 0.6 is 0 Å². The molecule has 0 spiro atoms. The molecule has 1 aromatic carbocycles. The van der Waals surface area contributed by atoms with Gasteiger partial charge in [-0.1, -0.05) is 52.3 Å². The van der Waals surface area contributed by atoms with Crippen molar-refractivity contribution in [1.82, 2.24) is 0 Å². The van der Waals surface area contributed by atoms with Gasteiger partial charge >= 0.3 is 0 Å². The van der Waals surface area contributed by atoms with Crippen molar-refractivity contribution in [3.8, 4) is 5.75 Å². The Hall–Kier alpha value is -0.980. The second-order valence-electron chi connectivity index (χ2n) is 6.25. The minimum Gasteiger partial charge on any atom is -0.507 e. The summed E-state index contributed by atoms with van der Waals surface area (Å²) in [5, 5.41) is 10.2. The Kier molecular flexibility index (Phi) is 3.67. The SMILES string of the molecule is Cc1cc(CC(C)(C)C)c(O)c(C(C)C)c1. The van der Waals surface area contributed by atoms with Gasteiger partial charge in [0.2, 0.25) is 0 Å². The molecule has 0 atom stereocenters. The molecule has 0 aliphatic rings. The Morgan fingerprint density at radius 2 is 1.75 bits per heavy atom. The Bertz CT molecular complexity index is 370. The van der Waals surface area contributed by atoms with Gasteiger partial charge in [-0.05, 0) is 35.8 Å². The standard InChI is InChI=1S/C15H24O/c1-10(2)13-8-11(3)7-12(14(13)16)9-15(4,5)6/h7-8,10,16H,9H2,1-6H3. The maximum Gasteiger partial charge on any atom is 0.122 e. The molecule has 0 bridgehead atoms. The summed E-state index contributed by atoms with van der Waals surface area (Å²) in [7, 11) is 0. The van der Waals surface area contributed by atoms with Gasteiger partial charge in [-0.25, -0.2) is 0 Å². The van der Waals surface area contributed by atoms with E-state index >= 15 is 0 Å². The second-order valence-corrected chi connectivity index (χ2v) is 6.25. The summed E-state index contributed by atoms with van der Waals surface area (Å²) in [6.07, 6.45) is 0.917. The van der Waals surface area contributed by atoms with Crippen molar-refractivity contribution in [2.75, 3.05) is 0 Å². The van der Waals surface area contributed by atoms with Crippen LogP contribution in [0.4, 0.5) is 0 Å². The van der Waals surface area contributed by atoms with E-state index in [2.05, 4.69) is 53.7 Å². The smallest absolute Gasteiger partial charge is 0.122 e. The molecule has 0 saturated carbocycles. The topological polar surface area (TPSA) is 20.2 Å². The van der Waals surface area contributed by atoms with Crippen molar-refractivity contribution in [2.45, 2.75) is 53.9 Å². The number of phenolic OH excluding ortho intramolecular Hbond substituents is 1. The van der Waals surface area contributed by atoms with Crippen LogP contribution in [0.25, 0.3) is 0 Å². The largest absolute Gasteiger partial charge is 0.507 e. The molecule has 0 aromatic heterocycles. The summed E-state index contributed by atoms with van der Waals surface area (Å²) in [4.78, 5) is 0. The van der Waals surface area contributed by atoms with Crippen molar-refractivity contribution in [2.24, 2.45) is 5.41 Å². The minimum absolute atomic E-state index is 0.208. The molecule has 1 heteroatoms. The normalized spacial score (nSPS) is 12.2. The Morgan fingerprint density at radius 1 is 1.19 bits per heavy atom. The van der Waals surface area contributed by atoms with E-state index < -0.39 is 0 Å². The highest BCUT2D eigenvalue weighted by atomic mass is 16.3. The third-order valence-electron chi connectivity index (χ3n) is 2.71. The van der Waals surface area contributed by atoms with Gasteiger partial charge in [-0.15, -0.1) is 0 Å². The lowest BCUT2D eigenvalue weighted by Gasteiger charge is -2.21. The molecule has 0 unspecified atom stereocenters. The number of aromatic hydroxyl groups is 1. The molecule has 1 nitrogen and oxygen atoms in total. The first kappa shape index (κ1) is 13.1. The first-order valence-electron chi connectivity index (χ1n) is 6.03. The summed E-state index contributed by atoms with van der Waals surface area (Å²) in [5.41, 5.74) is 3.59. The number of hydrogen-bond donors (Lipinski definition) is 1. The summed E-state index contributed by atoms with van der Waals surface area (Å²) in [5.74, 6) is 0.870. The number of aryl methyl sites for hydroxylation is 1. The molecule has 0 aliphatic carbocycles. The van der Waals surface area contributed by atoms with Gasteiger partial charge in [0.1, 0.15) is 5.75 Å². The maximum absolute atomic E-state index is 10.2. The third-order valence-corrected chi connectivity index (χ3v) is 2.71. The van der Waals surface area contributed by atoms with Crippen LogP contribution in [0, 0.1) is 12.3 Å². The van der Waals surface area contributed by atoms with Gasteiger partial charge in [-0.3, -0.25) is 0 Å². The molecule has 0 saturated heterocycles. The quantitative estimate of drug-likeness (QED) is 0.782. The predicted octanol–water partition coefficient (Wildman–Crippen LogP) is 4.41. The van der Waals surface area contributed by atoms with Crippen molar-refractivity contribution >= 4 is 0 Å². The highest BCUT2D eigenvalue weighted by Gasteiger charge is 2.17. The number of phenols is 1. The Labute approximate surface area is 99.5 Å². The van der Waals surface area contributed by atoms with E-state index in [1.54, 1.807) is 0 Å². The second kappa shape index (κ2) is 4.48. The van der Waals surface area contributed by atoms with Crippen molar-refractivity contribution < 1.29 is 5.11 Å². The molecular weight excluding hydrogens is 196 g/mol. The molecule has 1 rings (SSSR count). The zero-order chi connectivity index (χ0) is 12.5. The zero-order valence-electron chi connectivity index (χ0n) is 11.4. The van der Waals surface area contributed by atoms with E-state index in [4.69, 9.17) is 0 Å². The molecular formula is C15H24O. The van der Waals surface area contributed by atoms with Crippen LogP contribution in [-0.4, -0.2) is 5.11 Å². The lowest BCUT2D eigenvalue weighted by atomic mass is 9.85. The fourth-order valence-corrected chi connectivity index (χ4v) is 2.03. The van der Waals surface area contributed by atoms with Crippen LogP contribution in [0.3, 0.4) is 0 Å². The van der Waals surface area contributed by atoms with Crippen molar-refractivity contribution in [1.29, 1.82) is 0 Å². The summed E-state index contributed by atoms with van der Waals surface area (Å²) in [6.45, 7) is 12.9. The van der Waals surface area contributed by atoms with E-state index in [-0.39, 0.29) is 5.41 Å². The van der Waals surface area contributed by atoms with Crippen LogP contribution in [0.2, 0.25) is 0 Å². The molecule has 1 N–H and O–H groups in total. The fraction of sp³-hybridized carbons (Fsp3) is 0.600. The first-order chi connectivity index (χ1) is 7.20. The molecule has 0 fully saturated rings. The van der Waals surface area contributed by atoms with Gasteiger partial charge in [-0.2, -0.15) is 0 Å². The van der Waals surface area contributed by atoms with Crippen LogP contribution in [0.15, 0.2) is 12.1 Å². The zero-order valence-corrected chi connectivity index (χ0v) is 11.4. The average molecular weight is 220 g/mol. The summed E-state index contributed by atoms with van der Waals surface area (Å²) >= 11 is 0. The molecule has 90 valence electrons. The van der Waals surface area contributed by atoms with E-state index in [9.17, 15) is 5.11 Å². The monoisotopic (exact) mass is 220 g/mol. The minimum atomic E-state index is 0.208. The van der Waals surface area contributed by atoms with Gasteiger partial charge in [0.25, 0.3) is 0 Å². The predicted molar refractivity (Wildman–Crippen MR) is 70.1 cm³/mol. The van der Waals surface area contributed by atoms with Crippen molar-refractivity contribution in [3.05, 3.63) is 28.8 Å². The third kappa shape index (κ3) is 3.26. The van der Waals surface area contributed by atoms with E-state index in [0.717, 1.165) is 17.5 Å². The highest BCUT2D eigenvalue weighted by Crippen LogP contribution is 2.34. The van der Waals surface area contributed by atoms with E-state index in [1.165, 1.54) is 5.56 Å². The molecule has 0 radical (unpaired) electrons. The fourth-order valence-electron chi connectivity index (χ4n) is 2.03. The molecule has 1 aromatic rings. The van der Waals surface area contributed by atoms with Crippen LogP contribution < -0.4 is 0 Å². The van der Waals surface area contributed by atoms with Gasteiger partial charge in [0.15, 0.2) is 0 Å². The number of hydrogen-bond acceptors (Lipinski definition) is 1. The summed E-state index contributed by atoms with van der Waals surface area (Å²) < 4.78 is 0. The van der Waals surface area contributed by atoms with Gasteiger partial charge in [0, 0.05) is 0 Å². The molecule has 0 aliphatic heterocycles. The Balaban J connectivity index is 3.19.